The van der Waals surface area contributed by atoms with E-state index in [-0.39, 0.29) is 5.78 Å². The number of aromatic nitrogens is 2. The standard InChI is InChI=1S/C16H16N2O/c19-16(12-6-3-1-2-4-7-12)13-8-5-9-14-15(13)18-11-10-17-14/h5-6,8-11H,1-4,7H2. The quantitative estimate of drug-likeness (QED) is 0.765. The molecule has 0 N–H and O–H groups in total. The molecule has 1 aliphatic carbocycles. The molecule has 0 unspecified atom stereocenters. The van der Waals surface area contributed by atoms with Gasteiger partial charge in [0.05, 0.1) is 16.6 Å². The van der Waals surface area contributed by atoms with Crippen molar-refractivity contribution in [3.05, 3.63) is 47.8 Å². The Morgan fingerprint density at radius 3 is 2.89 bits per heavy atom. The predicted octanol–water partition coefficient (Wildman–Crippen LogP) is 3.70. The van der Waals surface area contributed by atoms with Crippen LogP contribution in [-0.2, 0) is 0 Å². The summed E-state index contributed by atoms with van der Waals surface area (Å²) < 4.78 is 0. The molecule has 3 nitrogen and oxygen atoms in total. The SMILES string of the molecule is O=C(C1=CCCCCC1)c1cccc2nccnc12. The number of para-hydroxylation sites is 1. The third kappa shape index (κ3) is 2.41. The minimum Gasteiger partial charge on any atom is -0.289 e. The fourth-order valence-corrected chi connectivity index (χ4v) is 2.57. The van der Waals surface area contributed by atoms with E-state index in [1.54, 1.807) is 12.4 Å². The van der Waals surface area contributed by atoms with Gasteiger partial charge < -0.3 is 0 Å². The molecule has 2 aromatic rings. The minimum absolute atomic E-state index is 0.119. The monoisotopic (exact) mass is 252 g/mol. The largest absolute Gasteiger partial charge is 0.289 e. The maximum atomic E-state index is 12.6. The summed E-state index contributed by atoms with van der Waals surface area (Å²) in [5.41, 5.74) is 3.11. The normalized spacial score (nSPS) is 15.9. The molecule has 19 heavy (non-hydrogen) atoms. The van der Waals surface area contributed by atoms with Crippen LogP contribution >= 0.6 is 0 Å². The van der Waals surface area contributed by atoms with Gasteiger partial charge in [-0.15, -0.1) is 0 Å². The number of benzene rings is 1. The van der Waals surface area contributed by atoms with Crippen LogP contribution in [0.5, 0.6) is 0 Å². The van der Waals surface area contributed by atoms with E-state index in [9.17, 15) is 4.79 Å². The van der Waals surface area contributed by atoms with Gasteiger partial charge in [-0.05, 0) is 43.4 Å². The van der Waals surface area contributed by atoms with Gasteiger partial charge in [-0.3, -0.25) is 14.8 Å². The lowest BCUT2D eigenvalue weighted by molar-refractivity contribution is 0.103. The number of allylic oxidation sites excluding steroid dienone is 2. The van der Waals surface area contributed by atoms with Crippen LogP contribution in [0.15, 0.2) is 42.2 Å². The number of carbonyl (C=O) groups excluding carboxylic acids is 1. The van der Waals surface area contributed by atoms with Crippen molar-refractivity contribution >= 4 is 16.8 Å². The first-order valence-corrected chi connectivity index (χ1v) is 6.80. The van der Waals surface area contributed by atoms with Gasteiger partial charge in [0.25, 0.3) is 0 Å². The number of nitrogens with zero attached hydrogens (tertiary/aromatic N) is 2. The van der Waals surface area contributed by atoms with Crippen molar-refractivity contribution in [2.75, 3.05) is 0 Å². The molecule has 3 rings (SSSR count). The number of fused-ring (bicyclic) bond motifs is 1. The first-order chi connectivity index (χ1) is 9.36. The Balaban J connectivity index is 2.04. The van der Waals surface area contributed by atoms with Gasteiger partial charge in [0, 0.05) is 12.4 Å². The van der Waals surface area contributed by atoms with Crippen molar-refractivity contribution in [2.24, 2.45) is 0 Å². The van der Waals surface area contributed by atoms with Crippen molar-refractivity contribution in [1.29, 1.82) is 0 Å². The van der Waals surface area contributed by atoms with Gasteiger partial charge in [0.15, 0.2) is 5.78 Å². The third-order valence-corrected chi connectivity index (χ3v) is 3.58. The van der Waals surface area contributed by atoms with Crippen LogP contribution in [-0.4, -0.2) is 15.8 Å². The lowest BCUT2D eigenvalue weighted by atomic mass is 9.98. The molecular formula is C16H16N2O. The molecular weight excluding hydrogens is 236 g/mol. The molecule has 1 aromatic carbocycles. The Hall–Kier alpha value is -2.03. The Labute approximate surface area is 112 Å². The van der Waals surface area contributed by atoms with Crippen LogP contribution in [0, 0.1) is 0 Å². The summed E-state index contributed by atoms with van der Waals surface area (Å²) in [6, 6.07) is 5.62. The van der Waals surface area contributed by atoms with Crippen LogP contribution < -0.4 is 0 Å². The summed E-state index contributed by atoms with van der Waals surface area (Å²) in [4.78, 5) is 21.2. The van der Waals surface area contributed by atoms with E-state index >= 15 is 0 Å². The zero-order chi connectivity index (χ0) is 13.1. The lowest BCUT2D eigenvalue weighted by Crippen LogP contribution is -2.05. The molecule has 0 saturated heterocycles. The highest BCUT2D eigenvalue weighted by atomic mass is 16.1. The first kappa shape index (κ1) is 12.0. The Morgan fingerprint density at radius 2 is 1.95 bits per heavy atom. The van der Waals surface area contributed by atoms with Gasteiger partial charge >= 0.3 is 0 Å². The number of rotatable bonds is 2. The second-order valence-electron chi connectivity index (χ2n) is 4.89. The molecule has 3 heteroatoms. The van der Waals surface area contributed by atoms with E-state index in [4.69, 9.17) is 0 Å². The van der Waals surface area contributed by atoms with Crippen LogP contribution in [0.4, 0.5) is 0 Å². The molecule has 1 aliphatic rings. The van der Waals surface area contributed by atoms with E-state index in [0.717, 1.165) is 30.4 Å². The summed E-state index contributed by atoms with van der Waals surface area (Å²) >= 11 is 0. The van der Waals surface area contributed by atoms with Crippen LogP contribution in [0.1, 0.15) is 42.5 Å². The molecule has 0 saturated carbocycles. The van der Waals surface area contributed by atoms with Crippen molar-refractivity contribution in [2.45, 2.75) is 32.1 Å². The number of Topliss-reactive ketones (excluding diaryl/α,β-unsaturated/α-hetero) is 1. The number of carbonyl (C=O) groups is 1. The molecule has 0 radical (unpaired) electrons. The minimum atomic E-state index is 0.119. The summed E-state index contributed by atoms with van der Waals surface area (Å²) in [6.07, 6.45) is 10.8. The van der Waals surface area contributed by atoms with Crippen LogP contribution in [0.25, 0.3) is 11.0 Å². The van der Waals surface area contributed by atoms with Crippen LogP contribution in [0.2, 0.25) is 0 Å². The van der Waals surface area contributed by atoms with Gasteiger partial charge in [-0.1, -0.05) is 18.6 Å². The summed E-state index contributed by atoms with van der Waals surface area (Å²) in [5, 5.41) is 0. The van der Waals surface area contributed by atoms with E-state index in [0.29, 0.717) is 11.1 Å². The number of hydrogen-bond acceptors (Lipinski definition) is 3. The second kappa shape index (κ2) is 5.31. The van der Waals surface area contributed by atoms with Gasteiger partial charge in [0.2, 0.25) is 0 Å². The van der Waals surface area contributed by atoms with Crippen molar-refractivity contribution in [1.82, 2.24) is 9.97 Å². The topological polar surface area (TPSA) is 42.9 Å². The molecule has 0 aliphatic heterocycles. The molecule has 96 valence electrons. The molecule has 0 fully saturated rings. The number of hydrogen-bond donors (Lipinski definition) is 0. The second-order valence-corrected chi connectivity index (χ2v) is 4.89. The Kier molecular flexibility index (Phi) is 3.36. The number of ketones is 1. The van der Waals surface area contributed by atoms with E-state index < -0.39 is 0 Å². The highest BCUT2D eigenvalue weighted by Crippen LogP contribution is 2.23. The Bertz CT molecular complexity index is 641. The zero-order valence-electron chi connectivity index (χ0n) is 10.8. The molecule has 0 spiro atoms. The van der Waals surface area contributed by atoms with Gasteiger partial charge in [-0.2, -0.15) is 0 Å². The van der Waals surface area contributed by atoms with E-state index in [2.05, 4.69) is 16.0 Å². The summed E-state index contributed by atoms with van der Waals surface area (Å²) in [7, 11) is 0. The maximum absolute atomic E-state index is 12.6. The molecule has 0 amide bonds. The Morgan fingerprint density at radius 1 is 1.05 bits per heavy atom. The van der Waals surface area contributed by atoms with E-state index in [1.807, 2.05) is 18.2 Å². The van der Waals surface area contributed by atoms with Crippen molar-refractivity contribution < 1.29 is 4.79 Å². The first-order valence-electron chi connectivity index (χ1n) is 6.80. The van der Waals surface area contributed by atoms with Crippen LogP contribution in [0.3, 0.4) is 0 Å². The fourth-order valence-electron chi connectivity index (χ4n) is 2.57. The van der Waals surface area contributed by atoms with Gasteiger partial charge in [0.1, 0.15) is 0 Å². The zero-order valence-corrected chi connectivity index (χ0v) is 10.8. The molecule has 1 aromatic heterocycles. The van der Waals surface area contributed by atoms with Crippen molar-refractivity contribution in [3.63, 3.8) is 0 Å². The average Bonchev–Trinajstić information content (AvgIpc) is 2.75. The highest BCUT2D eigenvalue weighted by molar-refractivity contribution is 6.14. The third-order valence-electron chi connectivity index (χ3n) is 3.58. The molecule has 0 bridgehead atoms. The predicted molar refractivity (Wildman–Crippen MR) is 75.0 cm³/mol. The van der Waals surface area contributed by atoms with Crippen molar-refractivity contribution in [3.8, 4) is 0 Å². The molecule has 1 heterocycles. The average molecular weight is 252 g/mol. The maximum Gasteiger partial charge on any atom is 0.190 e. The van der Waals surface area contributed by atoms with Gasteiger partial charge in [-0.25, -0.2) is 0 Å². The lowest BCUT2D eigenvalue weighted by Gasteiger charge is -2.06. The fraction of sp³-hybridized carbons (Fsp3) is 0.312. The highest BCUT2D eigenvalue weighted by Gasteiger charge is 2.16. The summed E-state index contributed by atoms with van der Waals surface area (Å²) in [6.45, 7) is 0. The van der Waals surface area contributed by atoms with E-state index in [1.165, 1.54) is 12.8 Å². The summed E-state index contributed by atoms with van der Waals surface area (Å²) in [5.74, 6) is 0.119. The molecule has 0 atom stereocenters. The smallest absolute Gasteiger partial charge is 0.190 e.